The van der Waals surface area contributed by atoms with Crippen molar-refractivity contribution in [3.05, 3.63) is 0 Å². The number of hydrogen-bond donors (Lipinski definition) is 1. The first kappa shape index (κ1) is 15.2. The summed E-state index contributed by atoms with van der Waals surface area (Å²) in [7, 11) is 1.49. The molecular formula is C13H25NO4. The Morgan fingerprint density at radius 2 is 2.17 bits per heavy atom. The van der Waals surface area contributed by atoms with Crippen LogP contribution in [-0.2, 0) is 9.47 Å². The van der Waals surface area contributed by atoms with Gasteiger partial charge in [-0.1, -0.05) is 0 Å². The van der Waals surface area contributed by atoms with Gasteiger partial charge in [-0.3, -0.25) is 0 Å². The van der Waals surface area contributed by atoms with E-state index in [1.54, 1.807) is 4.90 Å². The van der Waals surface area contributed by atoms with Crippen LogP contribution >= 0.6 is 0 Å². The Hall–Kier alpha value is -0.810. The van der Waals surface area contributed by atoms with Gasteiger partial charge in [0.15, 0.2) is 6.29 Å². The highest BCUT2D eigenvalue weighted by Gasteiger charge is 2.29. The quantitative estimate of drug-likeness (QED) is 0.784. The molecule has 0 aliphatic carbocycles. The summed E-state index contributed by atoms with van der Waals surface area (Å²) in [5.41, 5.74) is -0.443. The van der Waals surface area contributed by atoms with Gasteiger partial charge < -0.3 is 19.5 Å². The SMILES string of the molecule is COC(O)CCC1CCN(C(=O)OC(C)(C)C)C1. The molecule has 0 saturated carbocycles. The molecule has 1 N–H and O–H groups in total. The second kappa shape index (κ2) is 6.38. The lowest BCUT2D eigenvalue weighted by molar-refractivity contribution is -0.0809. The van der Waals surface area contributed by atoms with Crippen LogP contribution in [0.4, 0.5) is 4.79 Å². The van der Waals surface area contributed by atoms with Gasteiger partial charge in [-0.05, 0) is 46.0 Å². The van der Waals surface area contributed by atoms with Gasteiger partial charge in [0.1, 0.15) is 5.60 Å². The van der Waals surface area contributed by atoms with Crippen molar-refractivity contribution in [1.29, 1.82) is 0 Å². The standard InChI is InChI=1S/C13H25NO4/c1-13(2,3)18-12(16)14-8-7-10(9-14)5-6-11(15)17-4/h10-11,15H,5-9H2,1-4H3. The van der Waals surface area contributed by atoms with Gasteiger partial charge in [0.25, 0.3) is 0 Å². The van der Waals surface area contributed by atoms with E-state index < -0.39 is 11.9 Å². The normalized spacial score (nSPS) is 22.1. The number of aliphatic hydroxyl groups excluding tert-OH is 1. The summed E-state index contributed by atoms with van der Waals surface area (Å²) in [4.78, 5) is 13.6. The van der Waals surface area contributed by atoms with Gasteiger partial charge in [0.2, 0.25) is 0 Å². The number of likely N-dealkylation sites (tertiary alicyclic amines) is 1. The minimum atomic E-state index is -0.694. The van der Waals surface area contributed by atoms with Gasteiger partial charge in [-0.2, -0.15) is 0 Å². The van der Waals surface area contributed by atoms with Crippen molar-refractivity contribution in [2.45, 2.75) is 51.9 Å². The number of methoxy groups -OCH3 is 1. The molecule has 106 valence electrons. The average Bonchev–Trinajstić information content (AvgIpc) is 2.72. The van der Waals surface area contributed by atoms with Crippen LogP contribution in [0.25, 0.3) is 0 Å². The molecule has 2 atom stereocenters. The van der Waals surface area contributed by atoms with Gasteiger partial charge >= 0.3 is 6.09 Å². The summed E-state index contributed by atoms with van der Waals surface area (Å²) in [5, 5.41) is 9.32. The molecule has 18 heavy (non-hydrogen) atoms. The first-order valence-electron chi connectivity index (χ1n) is 6.50. The van der Waals surface area contributed by atoms with Crippen LogP contribution in [0.1, 0.15) is 40.0 Å². The van der Waals surface area contributed by atoms with Crippen LogP contribution in [0.3, 0.4) is 0 Å². The molecule has 1 saturated heterocycles. The fourth-order valence-corrected chi connectivity index (χ4v) is 2.06. The van der Waals surface area contributed by atoms with Gasteiger partial charge in [-0.15, -0.1) is 0 Å². The minimum Gasteiger partial charge on any atom is -0.444 e. The molecule has 0 spiro atoms. The van der Waals surface area contributed by atoms with Crippen LogP contribution in [0.15, 0.2) is 0 Å². The Morgan fingerprint density at radius 1 is 1.50 bits per heavy atom. The van der Waals surface area contributed by atoms with Crippen LogP contribution in [-0.4, -0.2) is 48.2 Å². The Balaban J connectivity index is 2.30. The molecule has 1 heterocycles. The van der Waals surface area contributed by atoms with Crippen LogP contribution in [0.5, 0.6) is 0 Å². The molecule has 5 nitrogen and oxygen atoms in total. The van der Waals surface area contributed by atoms with E-state index in [4.69, 9.17) is 9.47 Å². The first-order valence-corrected chi connectivity index (χ1v) is 6.50. The molecule has 0 aromatic carbocycles. The number of aliphatic hydroxyl groups is 1. The molecule has 1 rings (SSSR count). The topological polar surface area (TPSA) is 59.0 Å². The lowest BCUT2D eigenvalue weighted by Gasteiger charge is -2.24. The predicted molar refractivity (Wildman–Crippen MR) is 68.2 cm³/mol. The third-order valence-electron chi connectivity index (χ3n) is 3.03. The number of rotatable bonds is 4. The van der Waals surface area contributed by atoms with Crippen molar-refractivity contribution in [3.8, 4) is 0 Å². The zero-order valence-corrected chi connectivity index (χ0v) is 11.8. The van der Waals surface area contributed by atoms with Crippen LogP contribution < -0.4 is 0 Å². The highest BCUT2D eigenvalue weighted by Crippen LogP contribution is 2.23. The zero-order valence-electron chi connectivity index (χ0n) is 11.8. The highest BCUT2D eigenvalue weighted by atomic mass is 16.6. The molecule has 2 unspecified atom stereocenters. The summed E-state index contributed by atoms with van der Waals surface area (Å²) < 4.78 is 10.1. The maximum atomic E-state index is 11.8. The molecular weight excluding hydrogens is 234 g/mol. The van der Waals surface area contributed by atoms with E-state index in [0.717, 1.165) is 19.4 Å². The molecule has 1 aliphatic rings. The highest BCUT2D eigenvalue weighted by molar-refractivity contribution is 5.68. The maximum absolute atomic E-state index is 11.8. The molecule has 0 radical (unpaired) electrons. The van der Waals surface area contributed by atoms with E-state index >= 15 is 0 Å². The first-order chi connectivity index (χ1) is 8.31. The van der Waals surface area contributed by atoms with E-state index in [1.807, 2.05) is 20.8 Å². The Labute approximate surface area is 109 Å². The predicted octanol–water partition coefficient (Wildman–Crippen LogP) is 1.99. The molecule has 0 bridgehead atoms. The molecule has 0 aromatic rings. The molecule has 1 fully saturated rings. The molecule has 0 aromatic heterocycles. The summed E-state index contributed by atoms with van der Waals surface area (Å²) >= 11 is 0. The third-order valence-corrected chi connectivity index (χ3v) is 3.03. The number of carbonyl (C=O) groups excluding carboxylic acids is 1. The van der Waals surface area contributed by atoms with Crippen molar-refractivity contribution in [2.75, 3.05) is 20.2 Å². The van der Waals surface area contributed by atoms with Crippen molar-refractivity contribution in [3.63, 3.8) is 0 Å². The monoisotopic (exact) mass is 259 g/mol. The Kier molecular flexibility index (Phi) is 5.41. The Morgan fingerprint density at radius 3 is 2.72 bits per heavy atom. The number of carbonyl (C=O) groups is 1. The number of amides is 1. The second-order valence-corrected chi connectivity index (χ2v) is 5.85. The van der Waals surface area contributed by atoms with Crippen molar-refractivity contribution in [1.82, 2.24) is 4.90 Å². The molecule has 5 heteroatoms. The van der Waals surface area contributed by atoms with E-state index in [0.29, 0.717) is 18.9 Å². The van der Waals surface area contributed by atoms with E-state index in [1.165, 1.54) is 7.11 Å². The fraction of sp³-hybridized carbons (Fsp3) is 0.923. The van der Waals surface area contributed by atoms with E-state index in [9.17, 15) is 9.90 Å². The molecule has 1 aliphatic heterocycles. The maximum Gasteiger partial charge on any atom is 0.410 e. The second-order valence-electron chi connectivity index (χ2n) is 5.85. The van der Waals surface area contributed by atoms with E-state index in [-0.39, 0.29) is 6.09 Å². The fourth-order valence-electron chi connectivity index (χ4n) is 2.06. The average molecular weight is 259 g/mol. The summed E-state index contributed by atoms with van der Waals surface area (Å²) in [6.45, 7) is 7.06. The van der Waals surface area contributed by atoms with Gasteiger partial charge in [0.05, 0.1) is 0 Å². The zero-order chi connectivity index (χ0) is 13.8. The number of nitrogens with zero attached hydrogens (tertiary/aromatic N) is 1. The van der Waals surface area contributed by atoms with Crippen LogP contribution in [0.2, 0.25) is 0 Å². The summed E-state index contributed by atoms with van der Waals surface area (Å²) in [6.07, 6.45) is 1.52. The van der Waals surface area contributed by atoms with Crippen molar-refractivity contribution < 1.29 is 19.4 Å². The number of hydrogen-bond acceptors (Lipinski definition) is 4. The van der Waals surface area contributed by atoms with Crippen molar-refractivity contribution in [2.24, 2.45) is 5.92 Å². The van der Waals surface area contributed by atoms with E-state index in [2.05, 4.69) is 0 Å². The summed E-state index contributed by atoms with van der Waals surface area (Å²) in [6, 6.07) is 0. The summed E-state index contributed by atoms with van der Waals surface area (Å²) in [5.74, 6) is 0.433. The molecule has 1 amide bonds. The largest absolute Gasteiger partial charge is 0.444 e. The van der Waals surface area contributed by atoms with Crippen molar-refractivity contribution >= 4 is 6.09 Å². The Bertz CT molecular complexity index is 275. The lowest BCUT2D eigenvalue weighted by Crippen LogP contribution is -2.35. The van der Waals surface area contributed by atoms with Crippen LogP contribution in [0, 0.1) is 5.92 Å². The van der Waals surface area contributed by atoms with Gasteiger partial charge in [-0.25, -0.2) is 4.79 Å². The lowest BCUT2D eigenvalue weighted by atomic mass is 10.0. The minimum absolute atomic E-state index is 0.239. The van der Waals surface area contributed by atoms with Gasteiger partial charge in [0, 0.05) is 20.2 Å². The number of ether oxygens (including phenoxy) is 2. The smallest absolute Gasteiger partial charge is 0.410 e. The third kappa shape index (κ3) is 5.23.